The maximum Gasteiger partial charge on any atom is 0.191 e. The van der Waals surface area contributed by atoms with E-state index in [1.54, 1.807) is 19.7 Å². The molecular formula is C24H32N6O. The van der Waals surface area contributed by atoms with Crippen LogP contribution in [0.5, 0.6) is 5.75 Å². The number of nitrogens with one attached hydrogen (secondary N) is 2. The normalized spacial score (nSPS) is 12.5. The largest absolute Gasteiger partial charge is 0.490 e. The van der Waals surface area contributed by atoms with Crippen LogP contribution in [0.4, 0.5) is 0 Å². The number of hydrogen-bond acceptors (Lipinski definition) is 4. The van der Waals surface area contributed by atoms with Gasteiger partial charge in [-0.3, -0.25) is 4.99 Å². The minimum atomic E-state index is 0.183. The van der Waals surface area contributed by atoms with Gasteiger partial charge in [0.15, 0.2) is 5.96 Å². The average molecular weight is 421 g/mol. The molecule has 1 aromatic heterocycles. The lowest BCUT2D eigenvalue weighted by atomic mass is 10.1. The van der Waals surface area contributed by atoms with Crippen molar-refractivity contribution >= 4 is 5.96 Å². The monoisotopic (exact) mass is 420 g/mol. The van der Waals surface area contributed by atoms with Gasteiger partial charge in [-0.2, -0.15) is 5.10 Å². The molecule has 0 aliphatic carbocycles. The van der Waals surface area contributed by atoms with Crippen molar-refractivity contribution in [3.8, 4) is 5.75 Å². The van der Waals surface area contributed by atoms with Crippen LogP contribution in [0.15, 0.2) is 60.1 Å². The summed E-state index contributed by atoms with van der Waals surface area (Å²) in [5.41, 5.74) is 4.66. The van der Waals surface area contributed by atoms with Crippen molar-refractivity contribution in [1.82, 2.24) is 25.4 Å². The van der Waals surface area contributed by atoms with Gasteiger partial charge in [0, 0.05) is 25.7 Å². The Balaban J connectivity index is 1.57. The second kappa shape index (κ2) is 11.2. The highest BCUT2D eigenvalue weighted by Crippen LogP contribution is 2.22. The standard InChI is InChI=1S/C24H32N6O/c1-5-19(3)31-23-11-18(2)9-10-22(23)14-28-24(25-4)27-13-20-7-6-8-21(12-20)15-30-17-26-16-29-30/h6-12,16-17,19H,5,13-15H2,1-4H3,(H2,25,27,28). The SMILES string of the molecule is CCC(C)Oc1cc(C)ccc1CNC(=NC)NCc1cccc(Cn2cncn2)c1. The molecule has 2 aromatic carbocycles. The number of hydrogen-bond donors (Lipinski definition) is 2. The van der Waals surface area contributed by atoms with Gasteiger partial charge in [-0.05, 0) is 43.0 Å². The maximum absolute atomic E-state index is 6.12. The van der Waals surface area contributed by atoms with Crippen LogP contribution < -0.4 is 15.4 Å². The third-order valence-electron chi connectivity index (χ3n) is 5.06. The molecule has 164 valence electrons. The number of benzene rings is 2. The van der Waals surface area contributed by atoms with Gasteiger partial charge >= 0.3 is 0 Å². The predicted molar refractivity (Wildman–Crippen MR) is 124 cm³/mol. The van der Waals surface area contributed by atoms with Crippen molar-refractivity contribution in [1.29, 1.82) is 0 Å². The van der Waals surface area contributed by atoms with Crippen molar-refractivity contribution < 1.29 is 4.74 Å². The van der Waals surface area contributed by atoms with E-state index in [9.17, 15) is 0 Å². The Labute approximate surface area is 184 Å². The Morgan fingerprint density at radius 1 is 1.13 bits per heavy atom. The van der Waals surface area contributed by atoms with E-state index in [0.717, 1.165) is 23.7 Å². The van der Waals surface area contributed by atoms with E-state index in [-0.39, 0.29) is 6.10 Å². The molecule has 0 fully saturated rings. The molecule has 3 aromatic rings. The van der Waals surface area contributed by atoms with Gasteiger partial charge in [-0.1, -0.05) is 43.3 Å². The molecule has 1 atom stereocenters. The molecule has 7 nitrogen and oxygen atoms in total. The van der Waals surface area contributed by atoms with Gasteiger partial charge in [0.2, 0.25) is 0 Å². The van der Waals surface area contributed by atoms with Crippen LogP contribution >= 0.6 is 0 Å². The topological polar surface area (TPSA) is 76.4 Å². The Morgan fingerprint density at radius 3 is 2.68 bits per heavy atom. The number of ether oxygens (including phenoxy) is 1. The maximum atomic E-state index is 6.12. The molecule has 0 radical (unpaired) electrons. The van der Waals surface area contributed by atoms with E-state index in [0.29, 0.717) is 19.6 Å². The van der Waals surface area contributed by atoms with Crippen molar-refractivity contribution in [3.05, 3.63) is 77.4 Å². The highest BCUT2D eigenvalue weighted by Gasteiger charge is 2.09. The molecule has 2 N–H and O–H groups in total. The van der Waals surface area contributed by atoms with E-state index in [4.69, 9.17) is 4.74 Å². The quantitative estimate of drug-likeness (QED) is 0.408. The summed E-state index contributed by atoms with van der Waals surface area (Å²) in [5, 5.41) is 11.0. The van der Waals surface area contributed by atoms with Crippen LogP contribution in [0.3, 0.4) is 0 Å². The van der Waals surface area contributed by atoms with Gasteiger partial charge < -0.3 is 15.4 Å². The van der Waals surface area contributed by atoms with E-state index in [2.05, 4.69) is 88.9 Å². The Bertz CT molecular complexity index is 983. The summed E-state index contributed by atoms with van der Waals surface area (Å²) >= 11 is 0. The third-order valence-corrected chi connectivity index (χ3v) is 5.06. The Morgan fingerprint density at radius 2 is 1.94 bits per heavy atom. The minimum absolute atomic E-state index is 0.183. The fourth-order valence-corrected chi connectivity index (χ4v) is 3.14. The predicted octanol–water partition coefficient (Wildman–Crippen LogP) is 3.68. The van der Waals surface area contributed by atoms with Crippen LogP contribution in [0.25, 0.3) is 0 Å². The first-order valence-electron chi connectivity index (χ1n) is 10.7. The molecule has 1 unspecified atom stereocenters. The molecule has 0 bridgehead atoms. The highest BCUT2D eigenvalue weighted by atomic mass is 16.5. The van der Waals surface area contributed by atoms with Gasteiger partial charge in [0.25, 0.3) is 0 Å². The first-order chi connectivity index (χ1) is 15.1. The zero-order valence-corrected chi connectivity index (χ0v) is 18.8. The van der Waals surface area contributed by atoms with E-state index in [1.807, 2.05) is 4.68 Å². The first-order valence-corrected chi connectivity index (χ1v) is 10.7. The number of aliphatic imine (C=N–C) groups is 1. The van der Waals surface area contributed by atoms with E-state index >= 15 is 0 Å². The molecule has 0 amide bonds. The molecule has 1 heterocycles. The van der Waals surface area contributed by atoms with Crippen LogP contribution in [-0.4, -0.2) is 33.9 Å². The lowest BCUT2D eigenvalue weighted by Gasteiger charge is -2.18. The summed E-state index contributed by atoms with van der Waals surface area (Å²) in [4.78, 5) is 8.35. The summed E-state index contributed by atoms with van der Waals surface area (Å²) in [6.07, 6.45) is 4.43. The fraction of sp³-hybridized carbons (Fsp3) is 0.375. The minimum Gasteiger partial charge on any atom is -0.490 e. The average Bonchev–Trinajstić information content (AvgIpc) is 3.28. The number of guanidine groups is 1. The van der Waals surface area contributed by atoms with Gasteiger partial charge in [-0.25, -0.2) is 9.67 Å². The molecule has 7 heteroatoms. The molecule has 0 spiro atoms. The number of rotatable bonds is 9. The van der Waals surface area contributed by atoms with Crippen molar-refractivity contribution in [2.75, 3.05) is 7.05 Å². The zero-order chi connectivity index (χ0) is 22.1. The number of aryl methyl sites for hydroxylation is 1. The summed E-state index contributed by atoms with van der Waals surface area (Å²) in [5.74, 6) is 1.68. The molecule has 3 rings (SSSR count). The van der Waals surface area contributed by atoms with Gasteiger partial charge in [-0.15, -0.1) is 0 Å². The van der Waals surface area contributed by atoms with Crippen molar-refractivity contribution in [3.63, 3.8) is 0 Å². The molecule has 0 saturated heterocycles. The Hall–Kier alpha value is -3.35. The fourth-order valence-electron chi connectivity index (χ4n) is 3.14. The number of nitrogens with zero attached hydrogens (tertiary/aromatic N) is 4. The summed E-state index contributed by atoms with van der Waals surface area (Å²) in [6, 6.07) is 14.7. The summed E-state index contributed by atoms with van der Waals surface area (Å²) in [7, 11) is 1.78. The third kappa shape index (κ3) is 6.84. The second-order valence-corrected chi connectivity index (χ2v) is 7.64. The summed E-state index contributed by atoms with van der Waals surface area (Å²) in [6.45, 7) is 8.32. The second-order valence-electron chi connectivity index (χ2n) is 7.64. The molecule has 0 aliphatic rings. The highest BCUT2D eigenvalue weighted by molar-refractivity contribution is 5.79. The van der Waals surface area contributed by atoms with Gasteiger partial charge in [0.1, 0.15) is 18.4 Å². The molecule has 31 heavy (non-hydrogen) atoms. The first kappa shape index (κ1) is 22.3. The Kier molecular flexibility index (Phi) is 8.04. The summed E-state index contributed by atoms with van der Waals surface area (Å²) < 4.78 is 7.93. The van der Waals surface area contributed by atoms with Crippen LogP contribution in [-0.2, 0) is 19.6 Å². The van der Waals surface area contributed by atoms with Crippen LogP contribution in [0.2, 0.25) is 0 Å². The van der Waals surface area contributed by atoms with Crippen LogP contribution in [0, 0.1) is 6.92 Å². The van der Waals surface area contributed by atoms with Crippen molar-refractivity contribution in [2.24, 2.45) is 4.99 Å². The molecular weight excluding hydrogens is 388 g/mol. The zero-order valence-electron chi connectivity index (χ0n) is 18.8. The molecule has 0 aliphatic heterocycles. The van der Waals surface area contributed by atoms with E-state index in [1.165, 1.54) is 16.7 Å². The lowest BCUT2D eigenvalue weighted by Crippen LogP contribution is -2.36. The lowest BCUT2D eigenvalue weighted by molar-refractivity contribution is 0.215. The van der Waals surface area contributed by atoms with Crippen LogP contribution in [0.1, 0.15) is 42.5 Å². The smallest absolute Gasteiger partial charge is 0.191 e. The van der Waals surface area contributed by atoms with E-state index < -0.39 is 0 Å². The van der Waals surface area contributed by atoms with Gasteiger partial charge in [0.05, 0.1) is 12.6 Å². The van der Waals surface area contributed by atoms with Crippen molar-refractivity contribution in [2.45, 2.75) is 52.9 Å². The number of aromatic nitrogens is 3. The molecule has 0 saturated carbocycles.